The first kappa shape index (κ1) is 22.4. The van der Waals surface area contributed by atoms with Crippen LogP contribution in [0.4, 0.5) is 21.5 Å². The number of anilines is 3. The molecule has 0 amide bonds. The normalized spacial score (nSPS) is 11.2. The summed E-state index contributed by atoms with van der Waals surface area (Å²) in [6.07, 6.45) is 4.05. The molecule has 3 aromatic heterocycles. The highest BCUT2D eigenvalue weighted by Crippen LogP contribution is 2.31. The Balaban J connectivity index is 1.85. The van der Waals surface area contributed by atoms with Crippen molar-refractivity contribution in [2.75, 3.05) is 16.3 Å². The van der Waals surface area contributed by atoms with Crippen LogP contribution in [-0.4, -0.2) is 29.6 Å². The Bertz CT molecular complexity index is 1550. The first-order valence-electron chi connectivity index (χ1n) is 9.51. The zero-order chi connectivity index (χ0) is 23.8. The average Bonchev–Trinajstić information content (AvgIpc) is 2.77. The number of sulfonamides is 1. The Labute approximate surface area is 194 Å². The third-order valence-electron chi connectivity index (χ3n) is 4.70. The Morgan fingerprint density at radius 2 is 1.91 bits per heavy atom. The van der Waals surface area contributed by atoms with E-state index in [4.69, 9.17) is 11.6 Å². The lowest BCUT2D eigenvalue weighted by Crippen LogP contribution is -2.11. The summed E-state index contributed by atoms with van der Waals surface area (Å²) < 4.78 is 39.3. The van der Waals surface area contributed by atoms with Crippen LogP contribution in [0.15, 0.2) is 48.8 Å². The summed E-state index contributed by atoms with van der Waals surface area (Å²) in [5.74, 6) is -0.562. The van der Waals surface area contributed by atoms with E-state index in [1.54, 1.807) is 31.3 Å². The minimum absolute atomic E-state index is 0.0675. The topological polar surface area (TPSA) is 121 Å². The number of aryl methyl sites for hydroxylation is 1. The highest BCUT2D eigenvalue weighted by Gasteiger charge is 2.14. The van der Waals surface area contributed by atoms with Gasteiger partial charge in [0, 0.05) is 23.6 Å². The van der Waals surface area contributed by atoms with Crippen LogP contribution in [0.5, 0.6) is 0 Å². The summed E-state index contributed by atoms with van der Waals surface area (Å²) in [6, 6.07) is 11.3. The van der Waals surface area contributed by atoms with Crippen LogP contribution in [0, 0.1) is 24.1 Å². The number of nitriles is 1. The highest BCUT2D eigenvalue weighted by molar-refractivity contribution is 7.92. The van der Waals surface area contributed by atoms with E-state index < -0.39 is 15.8 Å². The van der Waals surface area contributed by atoms with Crippen molar-refractivity contribution in [3.05, 3.63) is 70.9 Å². The fourth-order valence-electron chi connectivity index (χ4n) is 3.13. The fourth-order valence-corrected chi connectivity index (χ4v) is 3.92. The largest absolute Gasteiger partial charge is 0.353 e. The first-order chi connectivity index (χ1) is 15.6. The molecule has 0 unspecified atom stereocenters. The number of hydrogen-bond donors (Lipinski definition) is 2. The Kier molecular flexibility index (Phi) is 5.84. The minimum Gasteiger partial charge on any atom is -0.353 e. The van der Waals surface area contributed by atoms with Crippen LogP contribution in [0.25, 0.3) is 22.3 Å². The number of benzene rings is 1. The maximum Gasteiger partial charge on any atom is 0.229 e. The summed E-state index contributed by atoms with van der Waals surface area (Å²) in [7, 11) is -3.49. The van der Waals surface area contributed by atoms with Crippen LogP contribution in [0.3, 0.4) is 0 Å². The van der Waals surface area contributed by atoms with Gasteiger partial charge < -0.3 is 5.32 Å². The summed E-state index contributed by atoms with van der Waals surface area (Å²) in [5, 5.41) is 12.6. The SMILES string of the molecule is Cc1ncc(-c2ccc3ncc(C#N)c(Nc4ccc(F)c(Cl)c4)c3n2)cc1NS(C)(=O)=O. The van der Waals surface area contributed by atoms with Gasteiger partial charge in [-0.05, 0) is 43.3 Å². The van der Waals surface area contributed by atoms with E-state index in [0.717, 1.165) is 6.26 Å². The summed E-state index contributed by atoms with van der Waals surface area (Å²) in [6.45, 7) is 1.68. The van der Waals surface area contributed by atoms with Gasteiger partial charge in [-0.25, -0.2) is 17.8 Å². The highest BCUT2D eigenvalue weighted by atomic mass is 35.5. The third-order valence-corrected chi connectivity index (χ3v) is 5.58. The Morgan fingerprint density at radius 3 is 2.61 bits per heavy atom. The van der Waals surface area contributed by atoms with Gasteiger partial charge in [0.05, 0.1) is 45.1 Å². The molecule has 0 aliphatic carbocycles. The standard InChI is InChI=1S/C22H16ClFN6O2S/c1-12-20(30-33(2,31)32)7-13(10-26-12)18-5-6-19-22(29-18)21(14(9-25)11-27-19)28-15-3-4-17(24)16(23)8-15/h3-8,10-11,30H,1-2H3,(H,27,28). The second-order valence-corrected chi connectivity index (χ2v) is 9.36. The van der Waals surface area contributed by atoms with Crippen LogP contribution >= 0.6 is 11.6 Å². The van der Waals surface area contributed by atoms with Gasteiger partial charge in [0.2, 0.25) is 10.0 Å². The van der Waals surface area contributed by atoms with E-state index in [1.165, 1.54) is 24.4 Å². The molecule has 33 heavy (non-hydrogen) atoms. The van der Waals surface area contributed by atoms with Crippen molar-refractivity contribution in [2.24, 2.45) is 0 Å². The average molecular weight is 483 g/mol. The zero-order valence-electron chi connectivity index (χ0n) is 17.4. The molecule has 3 heterocycles. The smallest absolute Gasteiger partial charge is 0.229 e. The van der Waals surface area contributed by atoms with Crippen LogP contribution in [0.2, 0.25) is 5.02 Å². The van der Waals surface area contributed by atoms with Crippen molar-refractivity contribution < 1.29 is 12.8 Å². The Morgan fingerprint density at radius 1 is 1.12 bits per heavy atom. The molecular formula is C22H16ClFN6O2S. The van der Waals surface area contributed by atoms with Crippen molar-refractivity contribution in [2.45, 2.75) is 6.92 Å². The zero-order valence-corrected chi connectivity index (χ0v) is 19.0. The lowest BCUT2D eigenvalue weighted by Gasteiger charge is -2.13. The van der Waals surface area contributed by atoms with Gasteiger partial charge in [-0.1, -0.05) is 11.6 Å². The molecule has 0 radical (unpaired) electrons. The molecule has 11 heteroatoms. The molecule has 0 aliphatic rings. The minimum atomic E-state index is -3.49. The van der Waals surface area contributed by atoms with E-state index in [0.29, 0.717) is 45.0 Å². The monoisotopic (exact) mass is 482 g/mol. The number of rotatable bonds is 5. The number of aromatic nitrogens is 3. The molecule has 4 rings (SSSR count). The van der Waals surface area contributed by atoms with E-state index in [9.17, 15) is 18.1 Å². The van der Waals surface area contributed by atoms with Crippen molar-refractivity contribution in [3.8, 4) is 17.3 Å². The number of nitrogens with one attached hydrogen (secondary N) is 2. The fraction of sp³-hybridized carbons (Fsp3) is 0.0909. The van der Waals surface area contributed by atoms with Gasteiger partial charge in [0.15, 0.2) is 0 Å². The van der Waals surface area contributed by atoms with E-state index in [-0.39, 0.29) is 10.6 Å². The number of nitrogens with zero attached hydrogens (tertiary/aromatic N) is 4. The van der Waals surface area contributed by atoms with Crippen LogP contribution in [-0.2, 0) is 10.0 Å². The molecule has 2 N–H and O–H groups in total. The van der Waals surface area contributed by atoms with E-state index >= 15 is 0 Å². The maximum absolute atomic E-state index is 13.6. The van der Waals surface area contributed by atoms with Crippen molar-refractivity contribution in [3.63, 3.8) is 0 Å². The molecule has 8 nitrogen and oxygen atoms in total. The quantitative estimate of drug-likeness (QED) is 0.420. The number of fused-ring (bicyclic) bond motifs is 1. The number of pyridine rings is 3. The lowest BCUT2D eigenvalue weighted by atomic mass is 10.1. The molecule has 0 aliphatic heterocycles. The second kappa shape index (κ2) is 8.61. The number of halogens is 2. The van der Waals surface area contributed by atoms with E-state index in [2.05, 4.69) is 31.1 Å². The molecule has 0 bridgehead atoms. The lowest BCUT2D eigenvalue weighted by molar-refractivity contribution is 0.606. The molecule has 0 saturated heterocycles. The Hall–Kier alpha value is -3.81. The van der Waals surface area contributed by atoms with Gasteiger partial charge in [-0.3, -0.25) is 14.7 Å². The van der Waals surface area contributed by atoms with Gasteiger partial charge in [0.25, 0.3) is 0 Å². The molecule has 0 spiro atoms. The van der Waals surface area contributed by atoms with Crippen molar-refractivity contribution >= 4 is 49.7 Å². The molecular weight excluding hydrogens is 467 g/mol. The van der Waals surface area contributed by atoms with Crippen molar-refractivity contribution in [1.82, 2.24) is 15.0 Å². The summed E-state index contributed by atoms with van der Waals surface area (Å²) >= 11 is 5.89. The predicted octanol–water partition coefficient (Wildman–Crippen LogP) is 4.78. The molecule has 166 valence electrons. The van der Waals surface area contributed by atoms with Gasteiger partial charge >= 0.3 is 0 Å². The van der Waals surface area contributed by atoms with Gasteiger partial charge in [-0.2, -0.15) is 5.26 Å². The third kappa shape index (κ3) is 4.84. The molecule has 0 atom stereocenters. The summed E-state index contributed by atoms with van der Waals surface area (Å²) in [4.78, 5) is 13.2. The maximum atomic E-state index is 13.6. The molecule has 4 aromatic rings. The predicted molar refractivity (Wildman–Crippen MR) is 125 cm³/mol. The first-order valence-corrected chi connectivity index (χ1v) is 11.8. The van der Waals surface area contributed by atoms with Gasteiger partial charge in [0.1, 0.15) is 17.4 Å². The second-order valence-electron chi connectivity index (χ2n) is 7.21. The van der Waals surface area contributed by atoms with Gasteiger partial charge in [-0.15, -0.1) is 0 Å². The van der Waals surface area contributed by atoms with E-state index in [1.807, 2.05) is 0 Å². The van der Waals surface area contributed by atoms with Crippen LogP contribution < -0.4 is 10.0 Å². The number of hydrogen-bond acceptors (Lipinski definition) is 7. The molecule has 1 aromatic carbocycles. The molecule has 0 fully saturated rings. The van der Waals surface area contributed by atoms with Crippen LogP contribution in [0.1, 0.15) is 11.3 Å². The van der Waals surface area contributed by atoms with Crippen molar-refractivity contribution in [1.29, 1.82) is 5.26 Å². The summed E-state index contributed by atoms with van der Waals surface area (Å²) in [5.41, 5.74) is 3.88. The molecule has 0 saturated carbocycles.